The molecule has 0 saturated carbocycles. The Hall–Kier alpha value is -3.87. The molecule has 4 rings (SSSR count). The fourth-order valence-electron chi connectivity index (χ4n) is 3.05. The maximum atomic E-state index is 12.6. The minimum atomic E-state index is -0.349. The molecule has 4 aromatic rings. The lowest BCUT2D eigenvalue weighted by Gasteiger charge is -2.09. The third-order valence-electron chi connectivity index (χ3n) is 4.45. The molecule has 1 aromatic carbocycles. The van der Waals surface area contributed by atoms with E-state index >= 15 is 0 Å². The molecular formula is C22H20N4O3. The van der Waals surface area contributed by atoms with Crippen LogP contribution in [0.5, 0.6) is 0 Å². The van der Waals surface area contributed by atoms with Crippen LogP contribution in [0.2, 0.25) is 0 Å². The number of fused-ring (bicyclic) bond motifs is 1. The molecule has 3 aromatic heterocycles. The molecule has 3 heterocycles. The monoisotopic (exact) mass is 388 g/mol. The van der Waals surface area contributed by atoms with Crippen molar-refractivity contribution >= 4 is 23.3 Å². The van der Waals surface area contributed by atoms with E-state index in [1.807, 2.05) is 60.0 Å². The molecule has 0 radical (unpaired) electrons. The lowest BCUT2D eigenvalue weighted by molar-refractivity contribution is -0.116. The van der Waals surface area contributed by atoms with Crippen LogP contribution >= 0.6 is 0 Å². The molecule has 0 fully saturated rings. The minimum Gasteiger partial charge on any atom is -0.459 e. The Bertz CT molecular complexity index is 1150. The van der Waals surface area contributed by atoms with Crippen LogP contribution in [-0.2, 0) is 4.79 Å². The Labute approximate surface area is 167 Å². The zero-order valence-corrected chi connectivity index (χ0v) is 15.9. The van der Waals surface area contributed by atoms with E-state index in [0.29, 0.717) is 11.5 Å². The second-order valence-corrected chi connectivity index (χ2v) is 6.64. The fraction of sp³-hybridized carbons (Fsp3) is 0.136. The largest absolute Gasteiger partial charge is 0.459 e. The number of furan rings is 1. The summed E-state index contributed by atoms with van der Waals surface area (Å²) < 4.78 is 6.91. The van der Waals surface area contributed by atoms with Gasteiger partial charge < -0.3 is 15.1 Å². The maximum absolute atomic E-state index is 12.6. The number of hydrogen-bond acceptors (Lipinski definition) is 4. The van der Waals surface area contributed by atoms with Crippen LogP contribution in [0.1, 0.15) is 22.5 Å². The van der Waals surface area contributed by atoms with Crippen molar-refractivity contribution in [3.05, 3.63) is 78.4 Å². The minimum absolute atomic E-state index is 0.125. The summed E-state index contributed by atoms with van der Waals surface area (Å²) >= 11 is 0. The van der Waals surface area contributed by atoms with Gasteiger partial charge in [-0.15, -0.1) is 0 Å². The predicted octanol–water partition coefficient (Wildman–Crippen LogP) is 3.66. The van der Waals surface area contributed by atoms with Crippen LogP contribution in [0.15, 0.2) is 71.5 Å². The van der Waals surface area contributed by atoms with Crippen molar-refractivity contribution in [1.29, 1.82) is 0 Å². The summed E-state index contributed by atoms with van der Waals surface area (Å²) in [6.45, 7) is 2.18. The van der Waals surface area contributed by atoms with E-state index in [9.17, 15) is 9.59 Å². The summed E-state index contributed by atoms with van der Waals surface area (Å²) in [5.41, 5.74) is 3.41. The first-order valence-electron chi connectivity index (χ1n) is 9.27. The Morgan fingerprint density at radius 1 is 1.07 bits per heavy atom. The van der Waals surface area contributed by atoms with E-state index in [-0.39, 0.29) is 30.5 Å². The number of imidazole rings is 1. The number of aryl methyl sites for hydroxylation is 1. The van der Waals surface area contributed by atoms with Gasteiger partial charge in [0.1, 0.15) is 17.2 Å². The number of carbonyl (C=O) groups is 2. The normalized spacial score (nSPS) is 10.8. The van der Waals surface area contributed by atoms with Crippen LogP contribution in [0.4, 0.5) is 5.82 Å². The zero-order valence-electron chi connectivity index (χ0n) is 15.9. The molecule has 2 N–H and O–H groups in total. The van der Waals surface area contributed by atoms with Crippen molar-refractivity contribution in [3.63, 3.8) is 0 Å². The van der Waals surface area contributed by atoms with Gasteiger partial charge in [-0.2, -0.15) is 0 Å². The summed E-state index contributed by atoms with van der Waals surface area (Å²) in [4.78, 5) is 29.2. The Morgan fingerprint density at radius 3 is 2.66 bits per heavy atom. The first-order chi connectivity index (χ1) is 14.1. The molecule has 146 valence electrons. The van der Waals surface area contributed by atoms with Crippen molar-refractivity contribution in [1.82, 2.24) is 14.7 Å². The van der Waals surface area contributed by atoms with Crippen LogP contribution in [0.3, 0.4) is 0 Å². The third-order valence-corrected chi connectivity index (χ3v) is 4.45. The van der Waals surface area contributed by atoms with E-state index in [1.54, 1.807) is 12.1 Å². The van der Waals surface area contributed by atoms with Gasteiger partial charge in [0.2, 0.25) is 5.91 Å². The molecule has 7 heteroatoms. The molecular weight excluding hydrogens is 368 g/mol. The Balaban J connectivity index is 1.52. The van der Waals surface area contributed by atoms with Gasteiger partial charge in [0.05, 0.1) is 6.26 Å². The third kappa shape index (κ3) is 4.03. The number of nitrogens with zero attached hydrogens (tertiary/aromatic N) is 2. The summed E-state index contributed by atoms with van der Waals surface area (Å²) in [6, 6.07) is 16.8. The van der Waals surface area contributed by atoms with Gasteiger partial charge in [-0.1, -0.05) is 36.4 Å². The highest BCUT2D eigenvalue weighted by molar-refractivity contribution is 5.95. The molecule has 0 aliphatic heterocycles. The molecule has 0 unspecified atom stereocenters. The van der Waals surface area contributed by atoms with Crippen molar-refractivity contribution < 1.29 is 14.0 Å². The van der Waals surface area contributed by atoms with E-state index in [1.165, 1.54) is 6.26 Å². The van der Waals surface area contributed by atoms with E-state index in [2.05, 4.69) is 15.6 Å². The van der Waals surface area contributed by atoms with E-state index < -0.39 is 0 Å². The van der Waals surface area contributed by atoms with Crippen molar-refractivity contribution in [2.45, 2.75) is 13.3 Å². The molecule has 0 saturated heterocycles. The topological polar surface area (TPSA) is 88.6 Å². The van der Waals surface area contributed by atoms with Gasteiger partial charge in [0, 0.05) is 24.7 Å². The van der Waals surface area contributed by atoms with Crippen molar-refractivity contribution in [3.8, 4) is 11.3 Å². The fourth-order valence-corrected chi connectivity index (χ4v) is 3.05. The number of amides is 2. The van der Waals surface area contributed by atoms with Crippen molar-refractivity contribution in [2.24, 2.45) is 0 Å². The van der Waals surface area contributed by atoms with Gasteiger partial charge in [0.25, 0.3) is 5.91 Å². The predicted molar refractivity (Wildman–Crippen MR) is 110 cm³/mol. The maximum Gasteiger partial charge on any atom is 0.286 e. The zero-order chi connectivity index (χ0) is 20.2. The number of benzene rings is 1. The van der Waals surface area contributed by atoms with Gasteiger partial charge in [-0.3, -0.25) is 14.0 Å². The molecule has 0 atom stereocenters. The molecule has 0 bridgehead atoms. The highest BCUT2D eigenvalue weighted by atomic mass is 16.3. The van der Waals surface area contributed by atoms with E-state index in [4.69, 9.17) is 4.42 Å². The first-order valence-corrected chi connectivity index (χ1v) is 9.27. The molecule has 0 aliphatic rings. The van der Waals surface area contributed by atoms with Gasteiger partial charge in [-0.05, 0) is 30.7 Å². The average Bonchev–Trinajstić information content (AvgIpc) is 3.37. The molecule has 7 nitrogen and oxygen atoms in total. The lowest BCUT2D eigenvalue weighted by Crippen LogP contribution is -2.27. The lowest BCUT2D eigenvalue weighted by atomic mass is 10.1. The SMILES string of the molecule is Cc1ccc2nc(-c3ccccc3)c(NC(=O)CCNC(=O)c3ccco3)n2c1. The second-order valence-electron chi connectivity index (χ2n) is 6.64. The van der Waals surface area contributed by atoms with Gasteiger partial charge in [0.15, 0.2) is 5.76 Å². The van der Waals surface area contributed by atoms with Crippen LogP contribution in [0.25, 0.3) is 16.9 Å². The van der Waals surface area contributed by atoms with Crippen molar-refractivity contribution in [2.75, 3.05) is 11.9 Å². The standard InChI is InChI=1S/C22H20N4O3/c1-15-9-10-18-24-20(16-6-3-2-4-7-16)21(26(18)14-15)25-19(27)11-12-23-22(28)17-8-5-13-29-17/h2-10,13-14H,11-12H2,1H3,(H,23,28)(H,25,27). The van der Waals surface area contributed by atoms with Gasteiger partial charge >= 0.3 is 0 Å². The highest BCUT2D eigenvalue weighted by Gasteiger charge is 2.17. The number of rotatable bonds is 6. The molecule has 29 heavy (non-hydrogen) atoms. The first kappa shape index (κ1) is 18.5. The molecule has 0 aliphatic carbocycles. The smallest absolute Gasteiger partial charge is 0.286 e. The number of anilines is 1. The summed E-state index contributed by atoms with van der Waals surface area (Å²) in [7, 11) is 0. The van der Waals surface area contributed by atoms with Gasteiger partial charge in [-0.25, -0.2) is 4.98 Å². The average molecular weight is 388 g/mol. The number of hydrogen-bond donors (Lipinski definition) is 2. The van der Waals surface area contributed by atoms with Crippen LogP contribution < -0.4 is 10.6 Å². The number of nitrogens with one attached hydrogen (secondary N) is 2. The Kier molecular flexibility index (Phi) is 5.11. The number of pyridine rings is 1. The van der Waals surface area contributed by atoms with E-state index in [0.717, 1.165) is 16.8 Å². The summed E-state index contributed by atoms with van der Waals surface area (Å²) in [5, 5.41) is 5.63. The molecule has 2 amide bonds. The molecule has 0 spiro atoms. The summed E-state index contributed by atoms with van der Waals surface area (Å²) in [5.74, 6) is 0.259. The van der Waals surface area contributed by atoms with Crippen LogP contribution in [0, 0.1) is 6.92 Å². The quantitative estimate of drug-likeness (QED) is 0.528. The second kappa shape index (κ2) is 8.02. The number of aromatic nitrogens is 2. The summed E-state index contributed by atoms with van der Waals surface area (Å²) in [6.07, 6.45) is 3.49. The van der Waals surface area contributed by atoms with Crippen LogP contribution in [-0.4, -0.2) is 27.7 Å². The highest BCUT2D eigenvalue weighted by Crippen LogP contribution is 2.29. The Morgan fingerprint density at radius 2 is 1.90 bits per heavy atom. The number of carbonyl (C=O) groups excluding carboxylic acids is 2.